The quantitative estimate of drug-likeness (QED) is 0.617. The molecule has 66 valence electrons. The molecule has 0 heterocycles. The summed E-state index contributed by atoms with van der Waals surface area (Å²) in [6.07, 6.45) is -0.574. The fraction of sp³-hybridized carbons (Fsp3) is 0.833. The summed E-state index contributed by atoms with van der Waals surface area (Å²) < 4.78 is 4.29. The number of amides is 1. The van der Waals surface area contributed by atoms with Crippen molar-refractivity contribution in [2.75, 3.05) is 19.5 Å². The second-order valence-electron chi connectivity index (χ2n) is 2.48. The Hall–Kier alpha value is -0.480. The normalized spacial score (nSPS) is 15.3. The van der Waals surface area contributed by atoms with Crippen LogP contribution in [0.15, 0.2) is 0 Å². The van der Waals surface area contributed by atoms with Crippen LogP contribution in [0, 0.1) is 0 Å². The second kappa shape index (κ2) is 4.41. The Morgan fingerprint density at radius 1 is 1.82 bits per heavy atom. The van der Waals surface area contributed by atoms with Crippen LogP contribution in [0.4, 0.5) is 4.79 Å². The largest absolute Gasteiger partial charge is 0.453 e. The van der Waals surface area contributed by atoms with Gasteiger partial charge in [0.05, 0.1) is 25.1 Å². The smallest absolute Gasteiger partial charge is 0.406 e. The molecular formula is C6H12ClNO3. The average molecular weight is 182 g/mol. The Bertz CT molecular complexity index is 138. The molecule has 0 bridgehead atoms. The summed E-state index contributed by atoms with van der Waals surface area (Å²) in [6.45, 7) is 1.61. The van der Waals surface area contributed by atoms with E-state index >= 15 is 0 Å². The van der Waals surface area contributed by atoms with Crippen LogP contribution in [-0.2, 0) is 4.74 Å². The number of hydrogen-bond donors (Lipinski definition) is 2. The van der Waals surface area contributed by atoms with Crippen molar-refractivity contribution in [3.05, 3.63) is 0 Å². The number of aliphatic hydroxyl groups is 1. The van der Waals surface area contributed by atoms with E-state index in [-0.39, 0.29) is 12.4 Å². The molecule has 0 aromatic rings. The molecule has 1 atom stereocenters. The number of rotatable bonds is 3. The summed E-state index contributed by atoms with van der Waals surface area (Å²) in [7, 11) is 1.25. The molecule has 11 heavy (non-hydrogen) atoms. The maximum absolute atomic E-state index is 10.5. The maximum Gasteiger partial charge on any atom is 0.406 e. The van der Waals surface area contributed by atoms with E-state index < -0.39 is 11.7 Å². The number of carbonyl (C=O) groups excluding carboxylic acids is 1. The van der Waals surface area contributed by atoms with Gasteiger partial charge in [0.1, 0.15) is 0 Å². The molecule has 0 aliphatic rings. The first-order chi connectivity index (χ1) is 5.02. The third-order valence-electron chi connectivity index (χ3n) is 1.09. The molecule has 0 fully saturated rings. The lowest BCUT2D eigenvalue weighted by molar-refractivity contribution is 0.0799. The lowest BCUT2D eigenvalue weighted by Crippen LogP contribution is -2.41. The van der Waals surface area contributed by atoms with E-state index in [1.807, 2.05) is 0 Å². The molecular weight excluding hydrogens is 170 g/mol. The number of alkyl carbamates (subject to hydrolysis) is 1. The standard InChI is InChI=1S/C6H12ClNO3/c1-6(10,3-7)4-8-5(9)11-2/h10H,3-4H2,1-2H3,(H,8,9). The Morgan fingerprint density at radius 2 is 2.36 bits per heavy atom. The van der Waals surface area contributed by atoms with Crippen LogP contribution in [0.2, 0.25) is 0 Å². The molecule has 2 N–H and O–H groups in total. The van der Waals surface area contributed by atoms with Gasteiger partial charge in [-0.05, 0) is 6.92 Å². The third-order valence-corrected chi connectivity index (χ3v) is 1.66. The molecule has 0 saturated carbocycles. The monoisotopic (exact) mass is 181 g/mol. The average Bonchev–Trinajstić information content (AvgIpc) is 2.00. The maximum atomic E-state index is 10.5. The zero-order valence-electron chi connectivity index (χ0n) is 6.56. The summed E-state index contributed by atoms with van der Waals surface area (Å²) in [6, 6.07) is 0. The van der Waals surface area contributed by atoms with E-state index in [1.165, 1.54) is 14.0 Å². The summed E-state index contributed by atoms with van der Waals surface area (Å²) in [5.41, 5.74) is -1.07. The number of halogens is 1. The third kappa shape index (κ3) is 4.86. The van der Waals surface area contributed by atoms with Crippen molar-refractivity contribution in [1.29, 1.82) is 0 Å². The Morgan fingerprint density at radius 3 is 2.73 bits per heavy atom. The molecule has 1 amide bonds. The number of carbonyl (C=O) groups is 1. The Balaban J connectivity index is 3.61. The predicted molar refractivity (Wildman–Crippen MR) is 41.8 cm³/mol. The van der Waals surface area contributed by atoms with Gasteiger partial charge in [-0.1, -0.05) is 0 Å². The number of nitrogens with one attached hydrogen (secondary N) is 1. The van der Waals surface area contributed by atoms with Gasteiger partial charge < -0.3 is 15.2 Å². The van der Waals surface area contributed by atoms with E-state index in [0.29, 0.717) is 0 Å². The zero-order valence-corrected chi connectivity index (χ0v) is 7.31. The van der Waals surface area contributed by atoms with E-state index in [2.05, 4.69) is 10.1 Å². The summed E-state index contributed by atoms with van der Waals surface area (Å²) in [5, 5.41) is 11.6. The highest BCUT2D eigenvalue weighted by Crippen LogP contribution is 2.02. The lowest BCUT2D eigenvalue weighted by atomic mass is 10.1. The van der Waals surface area contributed by atoms with E-state index in [1.54, 1.807) is 0 Å². The van der Waals surface area contributed by atoms with Gasteiger partial charge in [-0.2, -0.15) is 0 Å². The van der Waals surface area contributed by atoms with Crippen molar-refractivity contribution in [3.8, 4) is 0 Å². The van der Waals surface area contributed by atoms with Crippen LogP contribution >= 0.6 is 11.6 Å². The summed E-state index contributed by atoms with van der Waals surface area (Å²) >= 11 is 5.38. The highest BCUT2D eigenvalue weighted by Gasteiger charge is 2.19. The van der Waals surface area contributed by atoms with Gasteiger partial charge in [-0.25, -0.2) is 4.79 Å². The predicted octanol–water partition coefficient (Wildman–Crippen LogP) is 0.332. The first-order valence-electron chi connectivity index (χ1n) is 3.12. The molecule has 4 nitrogen and oxygen atoms in total. The molecule has 0 aromatic heterocycles. The topological polar surface area (TPSA) is 58.6 Å². The highest BCUT2D eigenvalue weighted by molar-refractivity contribution is 6.18. The lowest BCUT2D eigenvalue weighted by Gasteiger charge is -2.19. The van der Waals surface area contributed by atoms with Crippen LogP contribution in [-0.4, -0.2) is 36.3 Å². The van der Waals surface area contributed by atoms with E-state index in [4.69, 9.17) is 11.6 Å². The Labute approximate surface area is 70.5 Å². The minimum atomic E-state index is -1.07. The van der Waals surface area contributed by atoms with E-state index in [9.17, 15) is 9.90 Å². The highest BCUT2D eigenvalue weighted by atomic mass is 35.5. The number of alkyl halides is 1. The fourth-order valence-electron chi connectivity index (χ4n) is 0.382. The molecule has 1 unspecified atom stereocenters. The van der Waals surface area contributed by atoms with Crippen LogP contribution in [0.25, 0.3) is 0 Å². The molecule has 0 rings (SSSR count). The SMILES string of the molecule is COC(=O)NCC(C)(O)CCl. The number of hydrogen-bond acceptors (Lipinski definition) is 3. The molecule has 0 aliphatic heterocycles. The number of methoxy groups -OCH3 is 1. The van der Waals surface area contributed by atoms with E-state index in [0.717, 1.165) is 0 Å². The molecule has 5 heteroatoms. The van der Waals surface area contributed by atoms with Crippen molar-refractivity contribution in [1.82, 2.24) is 5.32 Å². The number of ether oxygens (including phenoxy) is 1. The van der Waals surface area contributed by atoms with Gasteiger partial charge in [-0.15, -0.1) is 11.6 Å². The molecule has 0 spiro atoms. The van der Waals surface area contributed by atoms with Gasteiger partial charge >= 0.3 is 6.09 Å². The van der Waals surface area contributed by atoms with Crippen LogP contribution in [0.5, 0.6) is 0 Å². The van der Waals surface area contributed by atoms with Crippen LogP contribution < -0.4 is 5.32 Å². The first kappa shape index (κ1) is 10.5. The van der Waals surface area contributed by atoms with Crippen molar-refractivity contribution < 1.29 is 14.6 Å². The summed E-state index contributed by atoms with van der Waals surface area (Å²) in [5.74, 6) is 0.0665. The van der Waals surface area contributed by atoms with Crippen molar-refractivity contribution in [3.63, 3.8) is 0 Å². The van der Waals surface area contributed by atoms with Gasteiger partial charge in [0.2, 0.25) is 0 Å². The molecule has 0 radical (unpaired) electrons. The minimum Gasteiger partial charge on any atom is -0.453 e. The van der Waals surface area contributed by atoms with Crippen LogP contribution in [0.3, 0.4) is 0 Å². The molecule has 0 aromatic carbocycles. The zero-order chi connectivity index (χ0) is 8.91. The van der Waals surface area contributed by atoms with Gasteiger partial charge in [0.15, 0.2) is 0 Å². The second-order valence-corrected chi connectivity index (χ2v) is 2.74. The Kier molecular flexibility index (Phi) is 4.22. The van der Waals surface area contributed by atoms with Crippen molar-refractivity contribution in [2.24, 2.45) is 0 Å². The van der Waals surface area contributed by atoms with Gasteiger partial charge in [0.25, 0.3) is 0 Å². The van der Waals surface area contributed by atoms with Crippen molar-refractivity contribution in [2.45, 2.75) is 12.5 Å². The summed E-state index contributed by atoms with van der Waals surface area (Å²) in [4.78, 5) is 10.5. The molecule has 0 saturated heterocycles. The van der Waals surface area contributed by atoms with Crippen molar-refractivity contribution >= 4 is 17.7 Å². The minimum absolute atomic E-state index is 0.0665. The van der Waals surface area contributed by atoms with Crippen LogP contribution in [0.1, 0.15) is 6.92 Å². The molecule has 0 aliphatic carbocycles. The fourth-order valence-corrected chi connectivity index (χ4v) is 0.476. The van der Waals surface area contributed by atoms with Gasteiger partial charge in [0, 0.05) is 0 Å². The first-order valence-corrected chi connectivity index (χ1v) is 3.65. The van der Waals surface area contributed by atoms with Gasteiger partial charge in [-0.3, -0.25) is 0 Å².